The van der Waals surface area contributed by atoms with Crippen molar-refractivity contribution in [2.24, 2.45) is 17.1 Å². The monoisotopic (exact) mass is 198 g/mol. The standard InChI is InChI=1S/C12H26N2/c1-11(2,12(3,4)13)9-14-8-7-10-5-6-10/h10,14H,5-9,13H2,1-4H3. The molecule has 1 saturated carbocycles. The van der Waals surface area contributed by atoms with E-state index in [0.29, 0.717) is 0 Å². The molecule has 0 unspecified atom stereocenters. The summed E-state index contributed by atoms with van der Waals surface area (Å²) < 4.78 is 0. The van der Waals surface area contributed by atoms with E-state index in [1.165, 1.54) is 19.3 Å². The van der Waals surface area contributed by atoms with Gasteiger partial charge in [0.25, 0.3) is 0 Å². The van der Waals surface area contributed by atoms with Crippen molar-refractivity contribution in [2.75, 3.05) is 13.1 Å². The van der Waals surface area contributed by atoms with Gasteiger partial charge in [-0.05, 0) is 38.1 Å². The molecule has 1 aliphatic carbocycles. The van der Waals surface area contributed by atoms with E-state index in [0.717, 1.165) is 19.0 Å². The highest BCUT2D eigenvalue weighted by molar-refractivity contribution is 4.91. The Balaban J connectivity index is 2.14. The van der Waals surface area contributed by atoms with Crippen LogP contribution in [-0.2, 0) is 0 Å². The maximum absolute atomic E-state index is 6.13. The normalized spacial score (nSPS) is 18.6. The molecule has 0 aliphatic heterocycles. The van der Waals surface area contributed by atoms with E-state index in [-0.39, 0.29) is 11.0 Å². The Bertz CT molecular complexity index is 175. The third kappa shape index (κ3) is 3.58. The molecule has 2 heteroatoms. The molecule has 14 heavy (non-hydrogen) atoms. The van der Waals surface area contributed by atoms with Crippen LogP contribution in [0.1, 0.15) is 47.0 Å². The zero-order chi connectivity index (χ0) is 10.8. The molecule has 0 atom stereocenters. The van der Waals surface area contributed by atoms with Crippen molar-refractivity contribution in [3.63, 3.8) is 0 Å². The van der Waals surface area contributed by atoms with Crippen LogP contribution < -0.4 is 11.1 Å². The molecule has 84 valence electrons. The smallest absolute Gasteiger partial charge is 0.0161 e. The van der Waals surface area contributed by atoms with Gasteiger partial charge in [0.05, 0.1) is 0 Å². The maximum Gasteiger partial charge on any atom is 0.0161 e. The highest BCUT2D eigenvalue weighted by Gasteiger charge is 2.32. The van der Waals surface area contributed by atoms with Crippen LogP contribution in [0.3, 0.4) is 0 Å². The number of nitrogens with two attached hydrogens (primary N) is 1. The van der Waals surface area contributed by atoms with Gasteiger partial charge < -0.3 is 11.1 Å². The lowest BCUT2D eigenvalue weighted by Crippen LogP contribution is -2.52. The van der Waals surface area contributed by atoms with Crippen molar-refractivity contribution in [3.05, 3.63) is 0 Å². The molecule has 0 aromatic carbocycles. The Morgan fingerprint density at radius 2 is 1.79 bits per heavy atom. The molecule has 1 aliphatic rings. The Hall–Kier alpha value is -0.0800. The molecule has 0 saturated heterocycles. The summed E-state index contributed by atoms with van der Waals surface area (Å²) in [6.45, 7) is 10.9. The summed E-state index contributed by atoms with van der Waals surface area (Å²) in [5.41, 5.74) is 6.18. The molecule has 0 bridgehead atoms. The minimum absolute atomic E-state index is 0.112. The van der Waals surface area contributed by atoms with Crippen LogP contribution in [0.4, 0.5) is 0 Å². The van der Waals surface area contributed by atoms with Gasteiger partial charge in [0.2, 0.25) is 0 Å². The zero-order valence-electron chi connectivity index (χ0n) is 10.2. The Labute approximate surface area is 88.6 Å². The SMILES string of the molecule is CC(C)(N)C(C)(C)CNCCC1CC1. The molecular formula is C12H26N2. The van der Waals surface area contributed by atoms with Gasteiger partial charge in [0, 0.05) is 12.1 Å². The Morgan fingerprint density at radius 3 is 2.21 bits per heavy atom. The molecule has 1 fully saturated rings. The van der Waals surface area contributed by atoms with Crippen LogP contribution >= 0.6 is 0 Å². The highest BCUT2D eigenvalue weighted by Crippen LogP contribution is 2.32. The van der Waals surface area contributed by atoms with Crippen molar-refractivity contribution in [1.29, 1.82) is 0 Å². The van der Waals surface area contributed by atoms with Crippen molar-refractivity contribution in [3.8, 4) is 0 Å². The van der Waals surface area contributed by atoms with E-state index in [1.807, 2.05) is 0 Å². The van der Waals surface area contributed by atoms with Crippen LogP contribution in [0.2, 0.25) is 0 Å². The van der Waals surface area contributed by atoms with Crippen LogP contribution in [0, 0.1) is 11.3 Å². The third-order valence-electron chi connectivity index (χ3n) is 3.74. The number of nitrogens with one attached hydrogen (secondary N) is 1. The summed E-state index contributed by atoms with van der Waals surface area (Å²) in [6, 6.07) is 0. The van der Waals surface area contributed by atoms with E-state index in [1.54, 1.807) is 0 Å². The van der Waals surface area contributed by atoms with Crippen LogP contribution in [0.5, 0.6) is 0 Å². The summed E-state index contributed by atoms with van der Waals surface area (Å²) in [6.07, 6.45) is 4.25. The third-order valence-corrected chi connectivity index (χ3v) is 3.74. The van der Waals surface area contributed by atoms with Crippen molar-refractivity contribution in [2.45, 2.75) is 52.5 Å². The first-order chi connectivity index (χ1) is 6.33. The van der Waals surface area contributed by atoms with Gasteiger partial charge in [-0.15, -0.1) is 0 Å². The van der Waals surface area contributed by atoms with Gasteiger partial charge in [-0.2, -0.15) is 0 Å². The quantitative estimate of drug-likeness (QED) is 0.642. The fraction of sp³-hybridized carbons (Fsp3) is 1.00. The van der Waals surface area contributed by atoms with Gasteiger partial charge in [-0.25, -0.2) is 0 Å². The lowest BCUT2D eigenvalue weighted by Gasteiger charge is -2.38. The topological polar surface area (TPSA) is 38.0 Å². The lowest BCUT2D eigenvalue weighted by atomic mass is 9.75. The van der Waals surface area contributed by atoms with E-state index >= 15 is 0 Å². The molecule has 3 N–H and O–H groups in total. The largest absolute Gasteiger partial charge is 0.325 e. The first-order valence-electron chi connectivity index (χ1n) is 5.82. The first-order valence-corrected chi connectivity index (χ1v) is 5.82. The second-order valence-electron chi connectivity index (χ2n) is 6.01. The number of hydrogen-bond acceptors (Lipinski definition) is 2. The summed E-state index contributed by atoms with van der Waals surface area (Å²) >= 11 is 0. The second-order valence-corrected chi connectivity index (χ2v) is 6.01. The van der Waals surface area contributed by atoms with Gasteiger partial charge in [0.15, 0.2) is 0 Å². The lowest BCUT2D eigenvalue weighted by molar-refractivity contribution is 0.195. The average Bonchev–Trinajstić information content (AvgIpc) is 2.79. The van der Waals surface area contributed by atoms with Crippen LogP contribution in [0.25, 0.3) is 0 Å². The summed E-state index contributed by atoms with van der Waals surface area (Å²) in [5, 5.41) is 3.52. The predicted octanol–water partition coefficient (Wildman–Crippen LogP) is 2.14. The Morgan fingerprint density at radius 1 is 1.21 bits per heavy atom. The van der Waals surface area contributed by atoms with E-state index in [4.69, 9.17) is 5.73 Å². The predicted molar refractivity (Wildman–Crippen MR) is 62.3 cm³/mol. The highest BCUT2D eigenvalue weighted by atomic mass is 14.9. The Kier molecular flexibility index (Phi) is 3.59. The first kappa shape index (κ1) is 12.0. The van der Waals surface area contributed by atoms with Gasteiger partial charge in [-0.3, -0.25) is 0 Å². The minimum Gasteiger partial charge on any atom is -0.325 e. The molecule has 0 spiro atoms. The summed E-state index contributed by atoms with van der Waals surface area (Å²) in [4.78, 5) is 0. The molecule has 0 aromatic heterocycles. The fourth-order valence-corrected chi connectivity index (χ4v) is 1.34. The van der Waals surface area contributed by atoms with E-state index in [9.17, 15) is 0 Å². The van der Waals surface area contributed by atoms with Crippen LogP contribution in [0.15, 0.2) is 0 Å². The summed E-state index contributed by atoms with van der Waals surface area (Å²) in [5.74, 6) is 1.02. The molecule has 0 amide bonds. The second kappa shape index (κ2) is 4.19. The summed E-state index contributed by atoms with van der Waals surface area (Å²) in [7, 11) is 0. The van der Waals surface area contributed by atoms with E-state index in [2.05, 4.69) is 33.0 Å². The molecule has 0 aromatic rings. The molecule has 0 heterocycles. The van der Waals surface area contributed by atoms with Crippen molar-refractivity contribution < 1.29 is 0 Å². The van der Waals surface area contributed by atoms with Gasteiger partial charge in [-0.1, -0.05) is 26.7 Å². The van der Waals surface area contributed by atoms with Crippen molar-refractivity contribution >= 4 is 0 Å². The number of rotatable bonds is 6. The molecule has 2 nitrogen and oxygen atoms in total. The molecule has 0 radical (unpaired) electrons. The maximum atomic E-state index is 6.13. The zero-order valence-corrected chi connectivity index (χ0v) is 10.2. The molecular weight excluding hydrogens is 172 g/mol. The van der Waals surface area contributed by atoms with Crippen LogP contribution in [-0.4, -0.2) is 18.6 Å². The fourth-order valence-electron chi connectivity index (χ4n) is 1.34. The van der Waals surface area contributed by atoms with E-state index < -0.39 is 0 Å². The van der Waals surface area contributed by atoms with Crippen molar-refractivity contribution in [1.82, 2.24) is 5.32 Å². The van der Waals surface area contributed by atoms with Gasteiger partial charge in [0.1, 0.15) is 0 Å². The molecule has 1 rings (SSSR count). The van der Waals surface area contributed by atoms with Gasteiger partial charge >= 0.3 is 0 Å². The minimum atomic E-state index is -0.112. The average molecular weight is 198 g/mol. The number of hydrogen-bond donors (Lipinski definition) is 2.